The summed E-state index contributed by atoms with van der Waals surface area (Å²) in [4.78, 5) is 53.8. The standard InChI is InChI=1S/C33H32FN3OS.C6H8O7/c1-36(2)32(23-9-7-10-24(34)21-23)15-17-33(18-16-32)30-26(25-11-4-5-12-27(25)35-30)14-19-37(33)31(38)29-20-22-8-3-6-13-28(22)39-29;7-3(8)1-6(13,5(11)12)2-4(9)10/h3-13,20-21,35H,14-19H2,1-2H3;13H,1-2H2,(H,7,8)(H,9,10)(H,11,12). The summed E-state index contributed by atoms with van der Waals surface area (Å²) < 4.78 is 15.5. The number of hydrogen-bond donors (Lipinski definition) is 5. The first-order chi connectivity index (χ1) is 24.7. The van der Waals surface area contributed by atoms with Crippen molar-refractivity contribution in [3.05, 3.63) is 106 Å². The first-order valence-corrected chi connectivity index (χ1v) is 17.7. The second-order valence-electron chi connectivity index (χ2n) is 13.8. The number of amides is 1. The number of carbonyl (C=O) groups is 4. The van der Waals surface area contributed by atoms with Gasteiger partial charge in [0.2, 0.25) is 0 Å². The fourth-order valence-electron chi connectivity index (χ4n) is 8.03. The number of aromatic nitrogens is 1. The number of H-pyrrole nitrogens is 1. The second kappa shape index (κ2) is 14.1. The molecule has 1 aliphatic carbocycles. The molecule has 1 aliphatic heterocycles. The van der Waals surface area contributed by atoms with Crippen LogP contribution in [0, 0.1) is 5.82 Å². The minimum absolute atomic E-state index is 0.114. The van der Waals surface area contributed by atoms with Crippen molar-refractivity contribution >= 4 is 56.1 Å². The Labute approximate surface area is 302 Å². The molecule has 2 aliphatic rings. The number of para-hydroxylation sites is 1. The molecule has 11 nitrogen and oxygen atoms in total. The van der Waals surface area contributed by atoms with Gasteiger partial charge in [0.05, 0.1) is 23.3 Å². The van der Waals surface area contributed by atoms with Crippen molar-refractivity contribution < 1.29 is 44.0 Å². The summed E-state index contributed by atoms with van der Waals surface area (Å²) in [7, 11) is 4.19. The number of hydrogen-bond acceptors (Lipinski definition) is 7. The highest BCUT2D eigenvalue weighted by Gasteiger charge is 2.53. The van der Waals surface area contributed by atoms with Gasteiger partial charge in [0.1, 0.15) is 5.82 Å². The van der Waals surface area contributed by atoms with Crippen LogP contribution >= 0.6 is 11.3 Å². The Morgan fingerprint density at radius 2 is 1.54 bits per heavy atom. The third kappa shape index (κ3) is 6.67. The molecule has 5 N–H and O–H groups in total. The van der Waals surface area contributed by atoms with E-state index < -0.39 is 41.9 Å². The van der Waals surface area contributed by atoms with Crippen molar-refractivity contribution in [3.63, 3.8) is 0 Å². The summed E-state index contributed by atoms with van der Waals surface area (Å²) in [6, 6.07) is 25.8. The molecule has 1 fully saturated rings. The first-order valence-electron chi connectivity index (χ1n) is 16.9. The molecule has 5 aromatic rings. The third-order valence-electron chi connectivity index (χ3n) is 10.7. The highest BCUT2D eigenvalue weighted by Crippen LogP contribution is 2.54. The van der Waals surface area contributed by atoms with Gasteiger partial charge in [-0.05, 0) is 93.0 Å². The van der Waals surface area contributed by atoms with Gasteiger partial charge in [0.25, 0.3) is 5.91 Å². The van der Waals surface area contributed by atoms with Gasteiger partial charge in [0.15, 0.2) is 5.60 Å². The van der Waals surface area contributed by atoms with Crippen LogP contribution in [0.25, 0.3) is 21.0 Å². The molecule has 2 aromatic heterocycles. The van der Waals surface area contributed by atoms with Gasteiger partial charge in [-0.2, -0.15) is 0 Å². The average molecular weight is 730 g/mol. The molecular formula is C39H40FN3O8S. The average Bonchev–Trinajstić information content (AvgIpc) is 3.71. The molecule has 7 rings (SSSR count). The predicted molar refractivity (Wildman–Crippen MR) is 194 cm³/mol. The van der Waals surface area contributed by atoms with Crippen LogP contribution in [0.4, 0.5) is 4.39 Å². The van der Waals surface area contributed by atoms with Crippen LogP contribution in [0.15, 0.2) is 78.9 Å². The molecule has 0 radical (unpaired) electrons. The van der Waals surface area contributed by atoms with Gasteiger partial charge in [-0.25, -0.2) is 9.18 Å². The van der Waals surface area contributed by atoms with Crippen LogP contribution in [-0.4, -0.2) is 85.3 Å². The highest BCUT2D eigenvalue weighted by atomic mass is 32.1. The maximum absolute atomic E-state index is 14.4. The smallest absolute Gasteiger partial charge is 0.336 e. The quantitative estimate of drug-likeness (QED) is 0.125. The van der Waals surface area contributed by atoms with E-state index in [4.69, 9.17) is 20.4 Å². The predicted octanol–water partition coefficient (Wildman–Crippen LogP) is 6.20. The Hall–Kier alpha value is -5.11. The van der Waals surface area contributed by atoms with Crippen molar-refractivity contribution in [3.8, 4) is 0 Å². The minimum Gasteiger partial charge on any atom is -0.481 e. The molecule has 3 aromatic carbocycles. The SMILES string of the molecule is CN(C)C1(c2cccc(F)c2)CCC2(CC1)c1[nH]c3ccccc3c1CCN2C(=O)c1cc2ccccc2s1.O=C(O)CC(O)(CC(=O)O)C(=O)O. The van der Waals surface area contributed by atoms with E-state index in [1.807, 2.05) is 18.2 Å². The number of benzene rings is 3. The maximum Gasteiger partial charge on any atom is 0.336 e. The third-order valence-corrected chi connectivity index (χ3v) is 11.8. The number of fused-ring (bicyclic) bond motifs is 5. The van der Waals surface area contributed by atoms with Gasteiger partial charge >= 0.3 is 17.9 Å². The molecule has 272 valence electrons. The number of nitrogens with zero attached hydrogens (tertiary/aromatic N) is 2. The van der Waals surface area contributed by atoms with Crippen LogP contribution < -0.4 is 0 Å². The van der Waals surface area contributed by atoms with E-state index in [1.54, 1.807) is 17.4 Å². The van der Waals surface area contributed by atoms with Crippen LogP contribution in [0.1, 0.15) is 65.0 Å². The van der Waals surface area contributed by atoms with Crippen LogP contribution in [0.2, 0.25) is 0 Å². The summed E-state index contributed by atoms with van der Waals surface area (Å²) in [6.07, 6.45) is 1.81. The topological polar surface area (TPSA) is 171 Å². The molecule has 52 heavy (non-hydrogen) atoms. The number of aliphatic carboxylic acids is 3. The fraction of sp³-hybridized carbons (Fsp3) is 0.333. The number of carbonyl (C=O) groups excluding carboxylic acids is 1. The van der Waals surface area contributed by atoms with Crippen LogP contribution in [0.5, 0.6) is 0 Å². The lowest BCUT2D eigenvalue weighted by Crippen LogP contribution is -2.58. The van der Waals surface area contributed by atoms with Crippen molar-refractivity contribution in [1.82, 2.24) is 14.8 Å². The zero-order valence-electron chi connectivity index (χ0n) is 28.8. The van der Waals surface area contributed by atoms with E-state index >= 15 is 0 Å². The van der Waals surface area contributed by atoms with E-state index in [-0.39, 0.29) is 17.3 Å². The van der Waals surface area contributed by atoms with Gasteiger partial charge in [0, 0.05) is 33.4 Å². The second-order valence-corrected chi connectivity index (χ2v) is 14.9. The van der Waals surface area contributed by atoms with E-state index in [0.29, 0.717) is 6.54 Å². The molecule has 1 spiro atoms. The normalized spacial score (nSPS) is 20.1. The number of carboxylic acid groups (broad SMARTS) is 3. The Morgan fingerprint density at radius 3 is 2.15 bits per heavy atom. The number of aromatic amines is 1. The van der Waals surface area contributed by atoms with E-state index in [9.17, 15) is 23.6 Å². The summed E-state index contributed by atoms with van der Waals surface area (Å²) in [6.45, 7) is 0.691. The summed E-state index contributed by atoms with van der Waals surface area (Å²) >= 11 is 1.58. The lowest BCUT2D eigenvalue weighted by Gasteiger charge is -2.55. The monoisotopic (exact) mass is 729 g/mol. The Morgan fingerprint density at radius 1 is 0.885 bits per heavy atom. The minimum atomic E-state index is -2.74. The fourth-order valence-corrected chi connectivity index (χ4v) is 9.04. The Balaban J connectivity index is 0.000000307. The summed E-state index contributed by atoms with van der Waals surface area (Å²) in [5.74, 6) is -5.11. The number of aliphatic hydroxyl groups is 1. The van der Waals surface area contributed by atoms with Gasteiger partial charge < -0.3 is 30.3 Å². The van der Waals surface area contributed by atoms with E-state index in [2.05, 4.69) is 77.4 Å². The number of carboxylic acids is 3. The van der Waals surface area contributed by atoms with E-state index in [0.717, 1.165) is 58.1 Å². The summed E-state index contributed by atoms with van der Waals surface area (Å²) in [5, 5.41) is 36.2. The molecule has 0 saturated heterocycles. The highest BCUT2D eigenvalue weighted by molar-refractivity contribution is 7.20. The lowest BCUT2D eigenvalue weighted by atomic mass is 9.65. The number of thiophene rings is 1. The molecule has 0 atom stereocenters. The van der Waals surface area contributed by atoms with E-state index in [1.165, 1.54) is 22.7 Å². The largest absolute Gasteiger partial charge is 0.481 e. The first kappa shape index (κ1) is 36.7. The maximum atomic E-state index is 14.4. The zero-order valence-corrected chi connectivity index (χ0v) is 29.6. The van der Waals surface area contributed by atoms with Crippen molar-refractivity contribution in [2.24, 2.45) is 0 Å². The van der Waals surface area contributed by atoms with Gasteiger partial charge in [-0.1, -0.05) is 48.5 Å². The lowest BCUT2D eigenvalue weighted by molar-refractivity contribution is -0.170. The van der Waals surface area contributed by atoms with Crippen molar-refractivity contribution in [2.75, 3.05) is 20.6 Å². The molecule has 1 amide bonds. The Kier molecular flexibility index (Phi) is 9.97. The molecule has 13 heteroatoms. The molecule has 1 saturated carbocycles. The number of nitrogens with one attached hydrogen (secondary N) is 1. The number of halogens is 1. The van der Waals surface area contributed by atoms with Crippen LogP contribution in [-0.2, 0) is 31.9 Å². The van der Waals surface area contributed by atoms with Crippen molar-refractivity contribution in [2.45, 2.75) is 61.6 Å². The molecule has 0 unspecified atom stereocenters. The van der Waals surface area contributed by atoms with Gasteiger partial charge in [-0.3, -0.25) is 19.3 Å². The number of rotatable bonds is 8. The molecule has 3 heterocycles. The van der Waals surface area contributed by atoms with Gasteiger partial charge in [-0.15, -0.1) is 11.3 Å². The molecule has 0 bridgehead atoms. The van der Waals surface area contributed by atoms with Crippen molar-refractivity contribution in [1.29, 1.82) is 0 Å². The zero-order chi connectivity index (χ0) is 37.4. The van der Waals surface area contributed by atoms with Crippen LogP contribution in [0.3, 0.4) is 0 Å². The molecular weight excluding hydrogens is 690 g/mol. The Bertz CT molecular complexity index is 2120. The summed E-state index contributed by atoms with van der Waals surface area (Å²) in [5.41, 5.74) is 1.21.